The van der Waals surface area contributed by atoms with Crippen LogP contribution in [0.15, 0.2) is 58.8 Å². The highest BCUT2D eigenvalue weighted by Gasteiger charge is 2.34. The van der Waals surface area contributed by atoms with Crippen LogP contribution in [0.5, 0.6) is 0 Å². The molecule has 1 aromatic heterocycles. The van der Waals surface area contributed by atoms with E-state index in [9.17, 15) is 17.6 Å². The van der Waals surface area contributed by atoms with Crippen LogP contribution >= 0.6 is 11.3 Å². The second-order valence-corrected chi connectivity index (χ2v) is 12.5. The smallest absolute Gasteiger partial charge is 0.244 e. The minimum absolute atomic E-state index is 0.115. The Morgan fingerprint density at radius 2 is 1.78 bits per heavy atom. The van der Waals surface area contributed by atoms with Crippen LogP contribution in [0.2, 0.25) is 0 Å². The third kappa shape index (κ3) is 6.84. The Hall–Kier alpha value is -2.59. The molecule has 1 fully saturated rings. The van der Waals surface area contributed by atoms with Crippen molar-refractivity contribution in [3.63, 3.8) is 0 Å². The van der Waals surface area contributed by atoms with Gasteiger partial charge in [0.25, 0.3) is 0 Å². The SMILES string of the molecule is Cc1cc(C)c(S(=O)(=O)N(CC(=O)N(Cc2ccc(F)cc2)Cc2cccs2)CC2CCCO2)c(C)c1. The normalized spacial score (nSPS) is 15.9. The molecule has 198 valence electrons. The first kappa shape index (κ1) is 27.4. The summed E-state index contributed by atoms with van der Waals surface area (Å²) in [5.74, 6) is -0.667. The summed E-state index contributed by atoms with van der Waals surface area (Å²) in [7, 11) is -3.98. The number of nitrogens with zero attached hydrogens (tertiary/aromatic N) is 2. The molecular formula is C28H33FN2O4S2. The summed E-state index contributed by atoms with van der Waals surface area (Å²) in [6, 6.07) is 13.6. The summed E-state index contributed by atoms with van der Waals surface area (Å²) in [6.07, 6.45) is 1.36. The number of aryl methyl sites for hydroxylation is 3. The highest BCUT2D eigenvalue weighted by atomic mass is 32.2. The van der Waals surface area contributed by atoms with E-state index >= 15 is 0 Å². The van der Waals surface area contributed by atoms with Gasteiger partial charge in [-0.05, 0) is 73.9 Å². The predicted octanol–water partition coefficient (Wildman–Crippen LogP) is 5.21. The molecule has 0 aliphatic carbocycles. The summed E-state index contributed by atoms with van der Waals surface area (Å²) in [5, 5.41) is 1.94. The number of hydrogen-bond acceptors (Lipinski definition) is 5. The molecule has 4 rings (SSSR count). The largest absolute Gasteiger partial charge is 0.377 e. The summed E-state index contributed by atoms with van der Waals surface area (Å²) in [6.45, 7) is 6.49. The Morgan fingerprint density at radius 1 is 1.08 bits per heavy atom. The van der Waals surface area contributed by atoms with Crippen molar-refractivity contribution in [1.29, 1.82) is 0 Å². The Bertz CT molecular complexity index is 1300. The molecule has 1 amide bonds. The van der Waals surface area contributed by atoms with Gasteiger partial charge < -0.3 is 9.64 Å². The van der Waals surface area contributed by atoms with Gasteiger partial charge in [-0.3, -0.25) is 4.79 Å². The number of ether oxygens (including phenoxy) is 1. The standard InChI is InChI=1S/C28H33FN2O4S2/c1-20-14-21(2)28(22(3)15-20)37(33,34)31(17-25-6-4-12-35-25)19-27(32)30(18-26-7-5-13-36-26)16-23-8-10-24(29)11-9-23/h5,7-11,13-15,25H,4,6,12,16-19H2,1-3H3. The summed E-state index contributed by atoms with van der Waals surface area (Å²) >= 11 is 1.53. The molecular weight excluding hydrogens is 511 g/mol. The Labute approximate surface area is 222 Å². The van der Waals surface area contributed by atoms with Crippen LogP contribution in [0.4, 0.5) is 4.39 Å². The zero-order chi connectivity index (χ0) is 26.6. The lowest BCUT2D eigenvalue weighted by Crippen LogP contribution is -2.45. The molecule has 2 heterocycles. The molecule has 1 aliphatic rings. The first-order chi connectivity index (χ1) is 17.6. The monoisotopic (exact) mass is 544 g/mol. The zero-order valence-corrected chi connectivity index (χ0v) is 23.1. The lowest BCUT2D eigenvalue weighted by molar-refractivity contribution is -0.132. The topological polar surface area (TPSA) is 66.9 Å². The number of thiophene rings is 1. The van der Waals surface area contributed by atoms with Crippen LogP contribution in [-0.2, 0) is 32.6 Å². The van der Waals surface area contributed by atoms with Gasteiger partial charge in [-0.25, -0.2) is 12.8 Å². The zero-order valence-electron chi connectivity index (χ0n) is 21.4. The molecule has 1 atom stereocenters. The number of halogens is 1. The van der Waals surface area contributed by atoms with E-state index in [4.69, 9.17) is 4.74 Å². The molecule has 0 spiro atoms. The van der Waals surface area contributed by atoms with Gasteiger partial charge in [0.1, 0.15) is 5.82 Å². The summed E-state index contributed by atoms with van der Waals surface area (Å²) < 4.78 is 48.5. The van der Waals surface area contributed by atoms with Crippen molar-refractivity contribution in [1.82, 2.24) is 9.21 Å². The van der Waals surface area contributed by atoms with Gasteiger partial charge in [0.15, 0.2) is 0 Å². The molecule has 3 aromatic rings. The molecule has 9 heteroatoms. The Morgan fingerprint density at radius 3 is 2.38 bits per heavy atom. The maximum Gasteiger partial charge on any atom is 0.244 e. The average Bonchev–Trinajstić information content (AvgIpc) is 3.53. The summed E-state index contributed by atoms with van der Waals surface area (Å²) in [5.41, 5.74) is 3.07. The number of rotatable bonds is 10. The molecule has 0 radical (unpaired) electrons. The van der Waals surface area contributed by atoms with Gasteiger partial charge in [0.05, 0.1) is 24.1 Å². The number of sulfonamides is 1. The Balaban J connectivity index is 1.65. The van der Waals surface area contributed by atoms with E-state index in [1.165, 1.54) is 27.8 Å². The van der Waals surface area contributed by atoms with Crippen LogP contribution in [0.3, 0.4) is 0 Å². The van der Waals surface area contributed by atoms with E-state index in [1.807, 2.05) is 36.6 Å². The van der Waals surface area contributed by atoms with Gasteiger partial charge in [-0.15, -0.1) is 11.3 Å². The number of hydrogen-bond donors (Lipinski definition) is 0. The maximum absolute atomic E-state index is 14.0. The first-order valence-corrected chi connectivity index (χ1v) is 14.7. The van der Waals surface area contributed by atoms with Gasteiger partial charge >= 0.3 is 0 Å². The second kappa shape index (κ2) is 11.9. The van der Waals surface area contributed by atoms with Crippen LogP contribution < -0.4 is 0 Å². The summed E-state index contributed by atoms with van der Waals surface area (Å²) in [4.78, 5) is 16.6. The van der Waals surface area contributed by atoms with Crippen molar-refractivity contribution < 1.29 is 22.3 Å². The van der Waals surface area contributed by atoms with Crippen molar-refractivity contribution in [2.45, 2.75) is 57.7 Å². The number of carbonyl (C=O) groups excluding carboxylic acids is 1. The lowest BCUT2D eigenvalue weighted by atomic mass is 10.1. The maximum atomic E-state index is 14.0. The average molecular weight is 545 g/mol. The first-order valence-electron chi connectivity index (χ1n) is 12.4. The van der Waals surface area contributed by atoms with Gasteiger partial charge in [0, 0.05) is 24.6 Å². The lowest BCUT2D eigenvalue weighted by Gasteiger charge is -2.29. The molecule has 0 saturated carbocycles. The van der Waals surface area contributed by atoms with Crippen LogP contribution in [0, 0.1) is 26.6 Å². The fourth-order valence-electron chi connectivity index (χ4n) is 4.85. The molecule has 0 bridgehead atoms. The van der Waals surface area contributed by atoms with Crippen molar-refractivity contribution in [3.05, 3.63) is 86.9 Å². The van der Waals surface area contributed by atoms with Crippen molar-refractivity contribution in [3.8, 4) is 0 Å². The molecule has 0 N–H and O–H groups in total. The second-order valence-electron chi connectivity index (χ2n) is 9.62. The van der Waals surface area contributed by atoms with Crippen molar-refractivity contribution in [2.75, 3.05) is 19.7 Å². The third-order valence-electron chi connectivity index (χ3n) is 6.51. The molecule has 2 aromatic carbocycles. The van der Waals surface area contributed by atoms with Gasteiger partial charge in [-0.1, -0.05) is 35.9 Å². The van der Waals surface area contributed by atoms with Gasteiger partial charge in [0.2, 0.25) is 15.9 Å². The van der Waals surface area contributed by atoms with Crippen LogP contribution in [0.25, 0.3) is 0 Å². The van der Waals surface area contributed by atoms with Crippen molar-refractivity contribution in [2.24, 2.45) is 0 Å². The van der Waals surface area contributed by atoms with Crippen LogP contribution in [-0.4, -0.2) is 49.3 Å². The number of amides is 1. The fraction of sp³-hybridized carbons (Fsp3) is 0.393. The van der Waals surface area contributed by atoms with E-state index in [-0.39, 0.29) is 42.4 Å². The van der Waals surface area contributed by atoms with E-state index < -0.39 is 10.0 Å². The quantitative estimate of drug-likeness (QED) is 0.351. The van der Waals surface area contributed by atoms with E-state index in [1.54, 1.807) is 30.9 Å². The highest BCUT2D eigenvalue weighted by molar-refractivity contribution is 7.89. The minimum Gasteiger partial charge on any atom is -0.377 e. The molecule has 1 unspecified atom stereocenters. The molecule has 37 heavy (non-hydrogen) atoms. The minimum atomic E-state index is -3.98. The highest BCUT2D eigenvalue weighted by Crippen LogP contribution is 2.27. The predicted molar refractivity (Wildman–Crippen MR) is 143 cm³/mol. The number of benzene rings is 2. The molecule has 6 nitrogen and oxygen atoms in total. The van der Waals surface area contributed by atoms with Gasteiger partial charge in [-0.2, -0.15) is 4.31 Å². The van der Waals surface area contributed by atoms with E-state index in [0.29, 0.717) is 24.3 Å². The van der Waals surface area contributed by atoms with E-state index in [2.05, 4.69) is 0 Å². The van der Waals surface area contributed by atoms with E-state index in [0.717, 1.165) is 28.8 Å². The van der Waals surface area contributed by atoms with Crippen molar-refractivity contribution >= 4 is 27.3 Å². The fourth-order valence-corrected chi connectivity index (χ4v) is 7.40. The molecule has 1 aliphatic heterocycles. The third-order valence-corrected chi connectivity index (χ3v) is 9.49. The number of carbonyl (C=O) groups is 1. The van der Waals surface area contributed by atoms with Crippen LogP contribution in [0.1, 0.15) is 40.0 Å². The Kier molecular flexibility index (Phi) is 8.79. The molecule has 1 saturated heterocycles.